The molecule has 0 aliphatic carbocycles. The molecule has 0 spiro atoms. The van der Waals surface area contributed by atoms with Crippen LogP contribution in [0.5, 0.6) is 5.06 Å². The Labute approximate surface area is 111 Å². The number of amides is 1. The predicted octanol–water partition coefficient (Wildman–Crippen LogP) is 1.84. The van der Waals surface area contributed by atoms with Gasteiger partial charge in [0.1, 0.15) is 5.01 Å². The Bertz CT molecular complexity index is 419. The molecule has 1 aliphatic heterocycles. The maximum absolute atomic E-state index is 11.9. The van der Waals surface area contributed by atoms with E-state index in [2.05, 4.69) is 31.1 Å². The molecule has 1 aliphatic rings. The quantitative estimate of drug-likeness (QED) is 0.845. The van der Waals surface area contributed by atoms with Crippen molar-refractivity contribution >= 4 is 17.4 Å². The second kappa shape index (κ2) is 5.24. The summed E-state index contributed by atoms with van der Waals surface area (Å²) in [5.41, 5.74) is -0.00956. The molecule has 1 aromatic heterocycles. The van der Waals surface area contributed by atoms with Crippen LogP contribution in [0.4, 0.5) is 4.79 Å². The predicted molar refractivity (Wildman–Crippen MR) is 71.3 cm³/mol. The summed E-state index contributed by atoms with van der Waals surface area (Å²) in [4.78, 5) is 17.9. The highest BCUT2D eigenvalue weighted by Crippen LogP contribution is 2.31. The first-order valence-electron chi connectivity index (χ1n) is 6.10. The zero-order chi connectivity index (χ0) is 13.2. The number of rotatable bonds is 1. The van der Waals surface area contributed by atoms with Crippen molar-refractivity contribution in [1.82, 2.24) is 15.2 Å². The Morgan fingerprint density at radius 3 is 2.67 bits per heavy atom. The van der Waals surface area contributed by atoms with E-state index in [1.165, 1.54) is 11.3 Å². The van der Waals surface area contributed by atoms with Crippen LogP contribution < -0.4 is 10.1 Å². The number of ether oxygens (including phenoxy) is 1. The molecule has 1 N–H and O–H groups in total. The van der Waals surface area contributed by atoms with Gasteiger partial charge in [-0.2, -0.15) is 0 Å². The van der Waals surface area contributed by atoms with Gasteiger partial charge in [0.2, 0.25) is 5.06 Å². The summed E-state index contributed by atoms with van der Waals surface area (Å²) < 4.78 is 5.34. The first-order valence-corrected chi connectivity index (χ1v) is 6.92. The first-order chi connectivity index (χ1) is 8.47. The number of hydrogen-bond acceptors (Lipinski definition) is 5. The summed E-state index contributed by atoms with van der Waals surface area (Å²) in [6, 6.07) is 0. The summed E-state index contributed by atoms with van der Waals surface area (Å²) in [5.74, 6) is 0. The van der Waals surface area contributed by atoms with E-state index in [4.69, 9.17) is 4.74 Å². The van der Waals surface area contributed by atoms with Gasteiger partial charge in [-0.15, -0.1) is 0 Å². The highest BCUT2D eigenvalue weighted by Gasteiger charge is 2.22. The molecular weight excluding hydrogens is 250 g/mol. The van der Waals surface area contributed by atoms with E-state index in [1.54, 1.807) is 11.1 Å². The van der Waals surface area contributed by atoms with E-state index >= 15 is 0 Å². The third kappa shape index (κ3) is 3.20. The second-order valence-electron chi connectivity index (χ2n) is 5.34. The topological polar surface area (TPSA) is 54.5 Å². The van der Waals surface area contributed by atoms with Gasteiger partial charge in [0, 0.05) is 31.6 Å². The zero-order valence-electron chi connectivity index (χ0n) is 11.0. The highest BCUT2D eigenvalue weighted by molar-refractivity contribution is 7.13. The molecule has 0 bridgehead atoms. The molecular formula is C12H19N3O2S. The van der Waals surface area contributed by atoms with Gasteiger partial charge >= 0.3 is 6.09 Å². The van der Waals surface area contributed by atoms with Crippen molar-refractivity contribution in [2.45, 2.75) is 26.2 Å². The van der Waals surface area contributed by atoms with Gasteiger partial charge in [-0.25, -0.2) is 9.78 Å². The Morgan fingerprint density at radius 1 is 1.44 bits per heavy atom. The van der Waals surface area contributed by atoms with Crippen LogP contribution in [0.2, 0.25) is 0 Å². The minimum atomic E-state index is -0.277. The Morgan fingerprint density at radius 2 is 2.11 bits per heavy atom. The third-order valence-electron chi connectivity index (χ3n) is 2.69. The average molecular weight is 269 g/mol. The lowest BCUT2D eigenvalue weighted by Crippen LogP contribution is -2.47. The van der Waals surface area contributed by atoms with Crippen molar-refractivity contribution < 1.29 is 9.53 Å². The van der Waals surface area contributed by atoms with E-state index in [0.717, 1.165) is 18.1 Å². The molecule has 2 rings (SSSR count). The fourth-order valence-corrected chi connectivity index (χ4v) is 2.47. The molecule has 100 valence electrons. The number of carbonyl (C=O) groups is 1. The Balaban J connectivity index is 1.96. The molecule has 0 unspecified atom stereocenters. The number of hydrogen-bond donors (Lipinski definition) is 1. The summed E-state index contributed by atoms with van der Waals surface area (Å²) >= 11 is 1.44. The summed E-state index contributed by atoms with van der Waals surface area (Å²) in [5, 5.41) is 4.75. The minimum absolute atomic E-state index is 0.00956. The smallest absolute Gasteiger partial charge is 0.397 e. The van der Waals surface area contributed by atoms with Crippen LogP contribution in [0, 0.1) is 0 Å². The lowest BCUT2D eigenvalue weighted by atomic mass is 9.98. The van der Waals surface area contributed by atoms with Gasteiger partial charge in [-0.1, -0.05) is 32.1 Å². The van der Waals surface area contributed by atoms with Crippen molar-refractivity contribution in [3.8, 4) is 5.06 Å². The SMILES string of the molecule is CC(C)(C)c1ncc(OC(=O)N2CCNCC2)s1. The van der Waals surface area contributed by atoms with E-state index in [-0.39, 0.29) is 11.5 Å². The summed E-state index contributed by atoms with van der Waals surface area (Å²) in [7, 11) is 0. The molecule has 0 saturated carbocycles. The largest absolute Gasteiger partial charge is 0.416 e. The highest BCUT2D eigenvalue weighted by atomic mass is 32.1. The maximum atomic E-state index is 11.9. The summed E-state index contributed by atoms with van der Waals surface area (Å²) in [6.07, 6.45) is 1.35. The molecule has 18 heavy (non-hydrogen) atoms. The monoisotopic (exact) mass is 269 g/mol. The minimum Gasteiger partial charge on any atom is -0.397 e. The van der Waals surface area contributed by atoms with Crippen LogP contribution in [-0.2, 0) is 5.41 Å². The zero-order valence-corrected chi connectivity index (χ0v) is 11.8. The van der Waals surface area contributed by atoms with Crippen molar-refractivity contribution in [1.29, 1.82) is 0 Å². The van der Waals surface area contributed by atoms with Crippen LogP contribution in [0.25, 0.3) is 0 Å². The van der Waals surface area contributed by atoms with Crippen LogP contribution in [0.15, 0.2) is 6.20 Å². The summed E-state index contributed by atoms with van der Waals surface area (Å²) in [6.45, 7) is 9.32. The van der Waals surface area contributed by atoms with Gasteiger partial charge in [0.25, 0.3) is 0 Å². The van der Waals surface area contributed by atoms with Crippen molar-refractivity contribution in [3.63, 3.8) is 0 Å². The average Bonchev–Trinajstić information content (AvgIpc) is 2.78. The van der Waals surface area contributed by atoms with Gasteiger partial charge in [0.15, 0.2) is 0 Å². The third-order valence-corrected chi connectivity index (χ3v) is 3.99. The lowest BCUT2D eigenvalue weighted by Gasteiger charge is -2.25. The van der Waals surface area contributed by atoms with Crippen LogP contribution in [-0.4, -0.2) is 42.2 Å². The van der Waals surface area contributed by atoms with Gasteiger partial charge in [0.05, 0.1) is 6.20 Å². The van der Waals surface area contributed by atoms with E-state index < -0.39 is 0 Å². The molecule has 1 amide bonds. The molecule has 1 saturated heterocycles. The molecule has 6 heteroatoms. The number of piperazine rings is 1. The molecule has 0 aromatic carbocycles. The lowest BCUT2D eigenvalue weighted by molar-refractivity contribution is 0.147. The standard InChI is InChI=1S/C12H19N3O2S/c1-12(2,3)10-14-8-9(18-10)17-11(16)15-6-4-13-5-7-15/h8,13H,4-7H2,1-3H3. The molecule has 5 nitrogen and oxygen atoms in total. The fraction of sp³-hybridized carbons (Fsp3) is 0.667. The van der Waals surface area contributed by atoms with E-state index in [0.29, 0.717) is 18.2 Å². The Hall–Kier alpha value is -1.14. The van der Waals surface area contributed by atoms with Crippen LogP contribution >= 0.6 is 11.3 Å². The molecule has 1 fully saturated rings. The van der Waals surface area contributed by atoms with Gasteiger partial charge < -0.3 is 15.0 Å². The number of aromatic nitrogens is 1. The van der Waals surface area contributed by atoms with Crippen molar-refractivity contribution in [3.05, 3.63) is 11.2 Å². The Kier molecular flexibility index (Phi) is 3.87. The molecule has 0 radical (unpaired) electrons. The molecule has 0 atom stereocenters. The van der Waals surface area contributed by atoms with Gasteiger partial charge in [-0.05, 0) is 0 Å². The number of nitrogens with one attached hydrogen (secondary N) is 1. The molecule has 1 aromatic rings. The van der Waals surface area contributed by atoms with Crippen molar-refractivity contribution in [2.24, 2.45) is 0 Å². The first kappa shape index (κ1) is 13.3. The number of carbonyl (C=O) groups excluding carboxylic acids is 1. The maximum Gasteiger partial charge on any atom is 0.416 e. The normalized spacial score (nSPS) is 16.7. The van der Waals surface area contributed by atoms with E-state index in [1.807, 2.05) is 0 Å². The second-order valence-corrected chi connectivity index (χ2v) is 6.33. The van der Waals surface area contributed by atoms with Crippen molar-refractivity contribution in [2.75, 3.05) is 26.2 Å². The van der Waals surface area contributed by atoms with Crippen LogP contribution in [0.1, 0.15) is 25.8 Å². The fourth-order valence-electron chi connectivity index (χ4n) is 1.65. The van der Waals surface area contributed by atoms with Crippen LogP contribution in [0.3, 0.4) is 0 Å². The number of thiazole rings is 1. The van der Waals surface area contributed by atoms with E-state index in [9.17, 15) is 4.79 Å². The van der Waals surface area contributed by atoms with Gasteiger partial charge in [-0.3, -0.25) is 0 Å². The molecule has 2 heterocycles. The number of nitrogens with zero attached hydrogens (tertiary/aromatic N) is 2.